The summed E-state index contributed by atoms with van der Waals surface area (Å²) in [6, 6.07) is 5.27. The monoisotopic (exact) mass is 460 g/mol. The zero-order chi connectivity index (χ0) is 23.2. The maximum Gasteiger partial charge on any atom is 0.416 e. The second-order valence-electron chi connectivity index (χ2n) is 6.26. The molecule has 0 aliphatic heterocycles. The number of alkyl halides is 3. The predicted molar refractivity (Wildman–Crippen MR) is 108 cm³/mol. The molecule has 0 aliphatic carbocycles. The molecule has 0 spiro atoms. The van der Waals surface area contributed by atoms with E-state index in [0.717, 1.165) is 18.2 Å². The van der Waals surface area contributed by atoms with E-state index in [1.54, 1.807) is 0 Å². The largest absolute Gasteiger partial charge is 0.493 e. The minimum absolute atomic E-state index is 0.00875. The zero-order valence-corrected chi connectivity index (χ0v) is 17.4. The van der Waals surface area contributed by atoms with Gasteiger partial charge in [0.25, 0.3) is 11.8 Å². The number of hydrogen-bond acceptors (Lipinski definition) is 5. The van der Waals surface area contributed by atoms with Crippen molar-refractivity contribution < 1.29 is 37.0 Å². The van der Waals surface area contributed by atoms with Gasteiger partial charge in [-0.1, -0.05) is 18.5 Å². The highest BCUT2D eigenvalue weighted by molar-refractivity contribution is 6.32. The van der Waals surface area contributed by atoms with Crippen molar-refractivity contribution in [3.8, 4) is 17.2 Å². The molecule has 3 N–H and O–H groups in total. The van der Waals surface area contributed by atoms with Crippen LogP contribution in [0.3, 0.4) is 0 Å². The van der Waals surface area contributed by atoms with Gasteiger partial charge in [-0.05, 0) is 36.8 Å². The number of hydrogen-bond donors (Lipinski definition) is 2. The molecule has 2 aromatic carbocycles. The first-order valence-electron chi connectivity index (χ1n) is 9.00. The van der Waals surface area contributed by atoms with E-state index >= 15 is 0 Å². The number of rotatable bonds is 9. The second kappa shape index (κ2) is 10.3. The van der Waals surface area contributed by atoms with E-state index in [2.05, 4.69) is 5.32 Å². The van der Waals surface area contributed by atoms with Crippen molar-refractivity contribution in [2.75, 3.05) is 25.6 Å². The standard InChI is InChI=1S/C20H20ClF3N2O5/c1-3-6-30-15-5-4-12(20(22,23)24)9-14(15)26-19(28)11-7-13(21)18(16(8-11)29-2)31-10-17(25)27/h4-5,7-9H,3,6,10H2,1-2H3,(H2,25,27)(H,26,28). The van der Waals surface area contributed by atoms with Gasteiger partial charge >= 0.3 is 6.18 Å². The minimum atomic E-state index is -4.60. The molecule has 0 saturated heterocycles. The summed E-state index contributed by atoms with van der Waals surface area (Å²) in [6.07, 6.45) is -3.98. The fourth-order valence-electron chi connectivity index (χ4n) is 2.47. The van der Waals surface area contributed by atoms with Crippen LogP contribution in [0.1, 0.15) is 29.3 Å². The predicted octanol–water partition coefficient (Wildman–Crippen LogP) is 4.27. The number of benzene rings is 2. The van der Waals surface area contributed by atoms with Crippen LogP contribution in [-0.2, 0) is 11.0 Å². The molecule has 0 saturated carbocycles. The maximum atomic E-state index is 13.1. The van der Waals surface area contributed by atoms with Gasteiger partial charge in [-0.25, -0.2) is 0 Å². The number of amides is 2. The van der Waals surface area contributed by atoms with Gasteiger partial charge in [0, 0.05) is 5.56 Å². The Morgan fingerprint density at radius 3 is 2.42 bits per heavy atom. The van der Waals surface area contributed by atoms with E-state index in [1.807, 2.05) is 6.92 Å². The molecule has 0 aromatic heterocycles. The van der Waals surface area contributed by atoms with Crippen molar-refractivity contribution in [2.24, 2.45) is 5.73 Å². The summed E-state index contributed by atoms with van der Waals surface area (Å²) in [7, 11) is 1.29. The highest BCUT2D eigenvalue weighted by atomic mass is 35.5. The van der Waals surface area contributed by atoms with Crippen LogP contribution in [0, 0.1) is 0 Å². The van der Waals surface area contributed by atoms with Crippen molar-refractivity contribution in [2.45, 2.75) is 19.5 Å². The smallest absolute Gasteiger partial charge is 0.416 e. The lowest BCUT2D eigenvalue weighted by molar-refractivity contribution is -0.137. The van der Waals surface area contributed by atoms with Crippen LogP contribution in [0.5, 0.6) is 17.2 Å². The fraction of sp³-hybridized carbons (Fsp3) is 0.300. The summed E-state index contributed by atoms with van der Waals surface area (Å²) in [6.45, 7) is 1.61. The van der Waals surface area contributed by atoms with Gasteiger partial charge in [-0.15, -0.1) is 0 Å². The molecule has 0 fully saturated rings. The summed E-state index contributed by atoms with van der Waals surface area (Å²) in [4.78, 5) is 23.6. The van der Waals surface area contributed by atoms with E-state index in [1.165, 1.54) is 19.2 Å². The van der Waals surface area contributed by atoms with Crippen LogP contribution in [0.4, 0.5) is 18.9 Å². The highest BCUT2D eigenvalue weighted by Crippen LogP contribution is 2.38. The molecule has 0 heterocycles. The zero-order valence-electron chi connectivity index (χ0n) is 16.6. The molecule has 2 amide bonds. The van der Waals surface area contributed by atoms with Crippen LogP contribution in [0.2, 0.25) is 5.02 Å². The number of carbonyl (C=O) groups is 2. The first-order valence-corrected chi connectivity index (χ1v) is 9.38. The molecule has 168 valence electrons. The first kappa shape index (κ1) is 24.1. The molecule has 0 aliphatic rings. The fourth-order valence-corrected chi connectivity index (χ4v) is 2.74. The molecule has 11 heteroatoms. The average molecular weight is 461 g/mol. The molecule has 0 atom stereocenters. The molecule has 0 unspecified atom stereocenters. The molecule has 7 nitrogen and oxygen atoms in total. The van der Waals surface area contributed by atoms with E-state index in [9.17, 15) is 22.8 Å². The molecular weight excluding hydrogens is 441 g/mol. The lowest BCUT2D eigenvalue weighted by Crippen LogP contribution is -2.20. The van der Waals surface area contributed by atoms with Crippen molar-refractivity contribution >= 4 is 29.1 Å². The minimum Gasteiger partial charge on any atom is -0.493 e. The summed E-state index contributed by atoms with van der Waals surface area (Å²) in [5.41, 5.74) is 3.91. The Labute approximate surface area is 181 Å². The molecule has 0 bridgehead atoms. The maximum absolute atomic E-state index is 13.1. The topological polar surface area (TPSA) is 99.9 Å². The SMILES string of the molecule is CCCOc1ccc(C(F)(F)F)cc1NC(=O)c1cc(Cl)c(OCC(N)=O)c(OC)c1. The Hall–Kier alpha value is -3.14. The molecular formula is C20H20ClF3N2O5. The first-order chi connectivity index (χ1) is 14.6. The van der Waals surface area contributed by atoms with Crippen LogP contribution in [0.25, 0.3) is 0 Å². The van der Waals surface area contributed by atoms with Gasteiger partial charge in [0.05, 0.1) is 30.0 Å². The molecule has 2 aromatic rings. The van der Waals surface area contributed by atoms with Gasteiger partial charge in [0.15, 0.2) is 18.1 Å². The normalized spacial score (nSPS) is 11.0. The van der Waals surface area contributed by atoms with Crippen molar-refractivity contribution in [1.29, 1.82) is 0 Å². The molecule has 2 rings (SSSR count). The lowest BCUT2D eigenvalue weighted by Gasteiger charge is -2.16. The van der Waals surface area contributed by atoms with Crippen LogP contribution in [0.15, 0.2) is 30.3 Å². The van der Waals surface area contributed by atoms with E-state index in [0.29, 0.717) is 6.42 Å². The number of ether oxygens (including phenoxy) is 3. The van der Waals surface area contributed by atoms with E-state index in [4.69, 9.17) is 31.5 Å². The molecule has 0 radical (unpaired) electrons. The number of anilines is 1. The Balaban J connectivity index is 2.37. The summed E-state index contributed by atoms with van der Waals surface area (Å²) < 4.78 is 55.1. The van der Waals surface area contributed by atoms with Crippen molar-refractivity contribution in [3.63, 3.8) is 0 Å². The van der Waals surface area contributed by atoms with Crippen LogP contribution < -0.4 is 25.3 Å². The average Bonchev–Trinajstić information content (AvgIpc) is 2.70. The number of methoxy groups -OCH3 is 1. The van der Waals surface area contributed by atoms with Crippen LogP contribution in [-0.4, -0.2) is 32.1 Å². The Morgan fingerprint density at radius 2 is 1.84 bits per heavy atom. The lowest BCUT2D eigenvalue weighted by atomic mass is 10.1. The number of carbonyl (C=O) groups excluding carboxylic acids is 2. The van der Waals surface area contributed by atoms with Gasteiger partial charge < -0.3 is 25.3 Å². The third kappa shape index (κ3) is 6.42. The second-order valence-corrected chi connectivity index (χ2v) is 6.66. The van der Waals surface area contributed by atoms with Gasteiger partial charge in [-0.2, -0.15) is 13.2 Å². The summed E-state index contributed by atoms with van der Waals surface area (Å²) >= 11 is 6.12. The third-order valence-electron chi connectivity index (χ3n) is 3.87. The number of nitrogens with two attached hydrogens (primary N) is 1. The van der Waals surface area contributed by atoms with Gasteiger partial charge in [0.1, 0.15) is 5.75 Å². The Kier molecular flexibility index (Phi) is 7.98. The quantitative estimate of drug-likeness (QED) is 0.582. The van der Waals surface area contributed by atoms with Gasteiger partial charge in [0.2, 0.25) is 0 Å². The number of nitrogens with one attached hydrogen (secondary N) is 1. The van der Waals surface area contributed by atoms with E-state index in [-0.39, 0.29) is 40.1 Å². The third-order valence-corrected chi connectivity index (χ3v) is 4.15. The van der Waals surface area contributed by atoms with Gasteiger partial charge in [-0.3, -0.25) is 9.59 Å². The number of primary amides is 1. The van der Waals surface area contributed by atoms with Crippen LogP contribution >= 0.6 is 11.6 Å². The summed E-state index contributed by atoms with van der Waals surface area (Å²) in [5.74, 6) is -1.40. The highest BCUT2D eigenvalue weighted by Gasteiger charge is 2.31. The Morgan fingerprint density at radius 1 is 1.13 bits per heavy atom. The number of halogens is 4. The summed E-state index contributed by atoms with van der Waals surface area (Å²) in [5, 5.41) is 2.35. The Bertz CT molecular complexity index is 967. The molecule has 31 heavy (non-hydrogen) atoms. The van der Waals surface area contributed by atoms with E-state index < -0.39 is 30.2 Å². The van der Waals surface area contributed by atoms with Crippen molar-refractivity contribution in [3.05, 3.63) is 46.5 Å². The van der Waals surface area contributed by atoms with Crippen molar-refractivity contribution in [1.82, 2.24) is 0 Å².